The summed E-state index contributed by atoms with van der Waals surface area (Å²) in [5.41, 5.74) is 0.420. The lowest BCUT2D eigenvalue weighted by Gasteiger charge is -2.12. The van der Waals surface area contributed by atoms with E-state index in [1.165, 1.54) is 0 Å². The van der Waals surface area contributed by atoms with Crippen LogP contribution in [0.3, 0.4) is 0 Å². The molecule has 0 spiro atoms. The maximum atomic E-state index is 11.5. The van der Waals surface area contributed by atoms with Crippen LogP contribution in [0.15, 0.2) is 30.3 Å². The molecule has 0 aliphatic rings. The zero-order chi connectivity index (χ0) is 10.6. The van der Waals surface area contributed by atoms with Crippen molar-refractivity contribution in [1.82, 2.24) is 4.31 Å². The quantitative estimate of drug-likeness (QED) is 0.735. The van der Waals surface area contributed by atoms with E-state index in [9.17, 15) is 9.59 Å². The van der Waals surface area contributed by atoms with Gasteiger partial charge >= 0.3 is 5.97 Å². The Labute approximate surface area is 86.7 Å². The first-order valence-corrected chi connectivity index (χ1v) is 4.29. The van der Waals surface area contributed by atoms with E-state index in [-0.39, 0.29) is 0 Å². The first-order chi connectivity index (χ1) is 6.61. The van der Waals surface area contributed by atoms with Gasteiger partial charge in [0.2, 0.25) is 0 Å². The highest BCUT2D eigenvalue weighted by Crippen LogP contribution is 2.05. The second-order valence-corrected chi connectivity index (χ2v) is 3.11. The van der Waals surface area contributed by atoms with Gasteiger partial charge in [0.1, 0.15) is 6.54 Å². The van der Waals surface area contributed by atoms with Crippen molar-refractivity contribution in [2.75, 3.05) is 6.54 Å². The van der Waals surface area contributed by atoms with Crippen molar-refractivity contribution in [3.05, 3.63) is 35.9 Å². The Morgan fingerprint density at radius 3 is 2.36 bits per heavy atom. The van der Waals surface area contributed by atoms with Gasteiger partial charge in [-0.15, -0.1) is 0 Å². The van der Waals surface area contributed by atoms with Gasteiger partial charge in [-0.25, -0.2) is 0 Å². The van der Waals surface area contributed by atoms with Crippen LogP contribution < -0.4 is 0 Å². The molecule has 74 valence electrons. The van der Waals surface area contributed by atoms with E-state index in [0.717, 1.165) is 4.31 Å². The lowest BCUT2D eigenvalue weighted by atomic mass is 10.2. The fourth-order valence-electron chi connectivity index (χ4n) is 0.930. The third kappa shape index (κ3) is 2.77. The SMILES string of the molecule is O=C(O)CN(S)C(=O)c1ccccc1. The van der Waals surface area contributed by atoms with Crippen molar-refractivity contribution in [2.24, 2.45) is 0 Å². The Morgan fingerprint density at radius 2 is 1.86 bits per heavy atom. The monoisotopic (exact) mass is 211 g/mol. The molecule has 0 saturated carbocycles. The van der Waals surface area contributed by atoms with Gasteiger partial charge < -0.3 is 5.11 Å². The summed E-state index contributed by atoms with van der Waals surface area (Å²) < 4.78 is 0.859. The number of aliphatic carboxylic acids is 1. The van der Waals surface area contributed by atoms with E-state index in [1.807, 2.05) is 0 Å². The summed E-state index contributed by atoms with van der Waals surface area (Å²) in [6.45, 7) is -0.420. The average Bonchev–Trinajstić information content (AvgIpc) is 2.17. The van der Waals surface area contributed by atoms with Gasteiger partial charge in [-0.1, -0.05) is 31.0 Å². The fraction of sp³-hybridized carbons (Fsp3) is 0.111. The van der Waals surface area contributed by atoms with Crippen molar-refractivity contribution in [1.29, 1.82) is 0 Å². The molecule has 0 heterocycles. The summed E-state index contributed by atoms with van der Waals surface area (Å²) >= 11 is 3.78. The molecule has 0 aliphatic heterocycles. The van der Waals surface area contributed by atoms with E-state index in [2.05, 4.69) is 12.8 Å². The lowest BCUT2D eigenvalue weighted by Crippen LogP contribution is -2.27. The smallest absolute Gasteiger partial charge is 0.324 e. The largest absolute Gasteiger partial charge is 0.480 e. The van der Waals surface area contributed by atoms with E-state index in [4.69, 9.17) is 5.11 Å². The molecule has 4 nitrogen and oxygen atoms in total. The van der Waals surface area contributed by atoms with Crippen LogP contribution in [-0.4, -0.2) is 27.8 Å². The van der Waals surface area contributed by atoms with Gasteiger partial charge in [-0.05, 0) is 12.1 Å². The number of amides is 1. The van der Waals surface area contributed by atoms with Gasteiger partial charge in [-0.2, -0.15) is 0 Å². The van der Waals surface area contributed by atoms with Gasteiger partial charge in [0.25, 0.3) is 5.91 Å². The summed E-state index contributed by atoms with van der Waals surface area (Å²) in [7, 11) is 0. The normalized spacial score (nSPS) is 9.50. The molecule has 0 unspecified atom stereocenters. The first kappa shape index (κ1) is 10.6. The molecule has 1 aromatic carbocycles. The third-order valence-electron chi connectivity index (χ3n) is 1.54. The van der Waals surface area contributed by atoms with E-state index in [1.54, 1.807) is 30.3 Å². The molecular formula is C9H9NO3S. The maximum absolute atomic E-state index is 11.5. The molecule has 0 fully saturated rings. The molecule has 0 radical (unpaired) electrons. The van der Waals surface area contributed by atoms with Crippen LogP contribution >= 0.6 is 12.8 Å². The number of benzene rings is 1. The van der Waals surface area contributed by atoms with Crippen LogP contribution in [0, 0.1) is 0 Å². The van der Waals surface area contributed by atoms with Gasteiger partial charge in [-0.3, -0.25) is 13.9 Å². The molecule has 1 rings (SSSR count). The summed E-state index contributed by atoms with van der Waals surface area (Å²) in [6.07, 6.45) is 0. The molecule has 1 aromatic rings. The van der Waals surface area contributed by atoms with Crippen molar-refractivity contribution in [3.63, 3.8) is 0 Å². The molecule has 14 heavy (non-hydrogen) atoms. The van der Waals surface area contributed by atoms with Crippen molar-refractivity contribution in [3.8, 4) is 0 Å². The Kier molecular flexibility index (Phi) is 3.53. The summed E-state index contributed by atoms with van der Waals surface area (Å²) in [5, 5.41) is 8.44. The molecule has 5 heteroatoms. The van der Waals surface area contributed by atoms with Crippen molar-refractivity contribution < 1.29 is 14.7 Å². The first-order valence-electron chi connectivity index (χ1n) is 3.89. The molecule has 0 saturated heterocycles. The van der Waals surface area contributed by atoms with Crippen molar-refractivity contribution >= 4 is 24.7 Å². The van der Waals surface area contributed by atoms with Crippen LogP contribution in [0.2, 0.25) is 0 Å². The van der Waals surface area contributed by atoms with Gasteiger partial charge in [0.05, 0.1) is 0 Å². The van der Waals surface area contributed by atoms with Gasteiger partial charge in [0, 0.05) is 5.56 Å². The predicted molar refractivity (Wildman–Crippen MR) is 54.1 cm³/mol. The molecule has 0 atom stereocenters. The highest BCUT2D eigenvalue weighted by molar-refractivity contribution is 7.78. The van der Waals surface area contributed by atoms with E-state index >= 15 is 0 Å². The van der Waals surface area contributed by atoms with Crippen LogP contribution in [0.25, 0.3) is 0 Å². The fourth-order valence-corrected chi connectivity index (χ4v) is 1.17. The van der Waals surface area contributed by atoms with E-state index < -0.39 is 18.4 Å². The molecule has 1 N–H and O–H groups in total. The molecular weight excluding hydrogens is 202 g/mol. The average molecular weight is 211 g/mol. The minimum atomic E-state index is -1.09. The van der Waals surface area contributed by atoms with Crippen LogP contribution in [-0.2, 0) is 4.79 Å². The second-order valence-electron chi connectivity index (χ2n) is 2.62. The number of carbonyl (C=O) groups is 2. The second kappa shape index (κ2) is 4.66. The lowest BCUT2D eigenvalue weighted by molar-refractivity contribution is -0.136. The standard InChI is InChI=1S/C9H9NO3S/c11-8(12)6-10(14)9(13)7-4-2-1-3-5-7/h1-5,14H,6H2,(H,11,12). The highest BCUT2D eigenvalue weighted by atomic mass is 32.1. The Balaban J connectivity index is 2.71. The molecule has 0 aromatic heterocycles. The zero-order valence-corrected chi connectivity index (χ0v) is 8.15. The summed E-state index contributed by atoms with van der Waals surface area (Å²) in [6, 6.07) is 8.39. The number of carboxylic acid groups (broad SMARTS) is 1. The third-order valence-corrected chi connectivity index (χ3v) is 1.86. The van der Waals surface area contributed by atoms with E-state index in [0.29, 0.717) is 5.56 Å². The summed E-state index contributed by atoms with van der Waals surface area (Å²) in [4.78, 5) is 21.8. The number of nitrogens with zero attached hydrogens (tertiary/aromatic N) is 1. The number of hydrogen-bond acceptors (Lipinski definition) is 3. The number of thiol groups is 1. The topological polar surface area (TPSA) is 57.6 Å². The van der Waals surface area contributed by atoms with Crippen LogP contribution in [0.1, 0.15) is 10.4 Å². The predicted octanol–water partition coefficient (Wildman–Crippen LogP) is 1.06. The minimum absolute atomic E-state index is 0.420. The number of carboxylic acids is 1. The molecule has 1 amide bonds. The zero-order valence-electron chi connectivity index (χ0n) is 7.25. The molecule has 0 aliphatic carbocycles. The molecule has 0 bridgehead atoms. The summed E-state index contributed by atoms with van der Waals surface area (Å²) in [5.74, 6) is -1.51. The minimum Gasteiger partial charge on any atom is -0.480 e. The van der Waals surface area contributed by atoms with Crippen molar-refractivity contribution in [2.45, 2.75) is 0 Å². The highest BCUT2D eigenvalue weighted by Gasteiger charge is 2.14. The van der Waals surface area contributed by atoms with Gasteiger partial charge in [0.15, 0.2) is 0 Å². The van der Waals surface area contributed by atoms with Crippen LogP contribution in [0.5, 0.6) is 0 Å². The Morgan fingerprint density at radius 1 is 1.29 bits per heavy atom. The number of carbonyl (C=O) groups excluding carboxylic acids is 1. The Bertz CT molecular complexity index is 339. The maximum Gasteiger partial charge on any atom is 0.324 e. The van der Waals surface area contributed by atoms with Crippen LogP contribution in [0.4, 0.5) is 0 Å². The number of rotatable bonds is 3. The number of hydrogen-bond donors (Lipinski definition) is 2. The Hall–Kier alpha value is -1.49.